The molecule has 0 aliphatic rings. The van der Waals surface area contributed by atoms with Gasteiger partial charge in [-0.25, -0.2) is 0 Å². The highest BCUT2D eigenvalue weighted by Gasteiger charge is 2.04. The van der Waals surface area contributed by atoms with E-state index in [1.54, 1.807) is 0 Å². The van der Waals surface area contributed by atoms with Crippen LogP contribution >= 0.6 is 0 Å². The summed E-state index contributed by atoms with van der Waals surface area (Å²) in [7, 11) is 0. The van der Waals surface area contributed by atoms with Crippen molar-refractivity contribution in [2.45, 2.75) is 31.6 Å². The molecule has 4 heteroatoms. The van der Waals surface area contributed by atoms with Gasteiger partial charge in [-0.2, -0.15) is 0 Å². The summed E-state index contributed by atoms with van der Waals surface area (Å²) in [5, 5.41) is 17.7. The molecule has 2 unspecified atom stereocenters. The van der Waals surface area contributed by atoms with E-state index in [0.717, 1.165) is 0 Å². The molecule has 0 amide bonds. The Bertz CT molecular complexity index is 78.1. The Labute approximate surface area is 60.8 Å². The zero-order valence-electron chi connectivity index (χ0n) is 6.03. The monoisotopic (exact) mass is 148 g/mol. The number of rotatable bonds is 5. The van der Waals surface area contributed by atoms with Crippen molar-refractivity contribution in [3.63, 3.8) is 0 Å². The van der Waals surface area contributed by atoms with E-state index < -0.39 is 12.3 Å². The summed E-state index contributed by atoms with van der Waals surface area (Å²) >= 11 is 0. The van der Waals surface area contributed by atoms with Crippen molar-refractivity contribution in [1.82, 2.24) is 0 Å². The molecule has 0 aromatic carbocycles. The minimum atomic E-state index is -0.813. The zero-order chi connectivity index (χ0) is 7.98. The van der Waals surface area contributed by atoms with E-state index in [1.807, 2.05) is 0 Å². The lowest BCUT2D eigenvalue weighted by Crippen LogP contribution is -2.22. The second-order valence-electron chi connectivity index (χ2n) is 2.38. The highest BCUT2D eigenvalue weighted by atomic mass is 16.3. The molecule has 0 radical (unpaired) electrons. The highest BCUT2D eigenvalue weighted by Crippen LogP contribution is 2.00. The van der Waals surface area contributed by atoms with Gasteiger partial charge in [-0.3, -0.25) is 0 Å². The van der Waals surface area contributed by atoms with Gasteiger partial charge >= 0.3 is 0 Å². The molecule has 4 nitrogen and oxygen atoms in total. The SMILES string of the molecule is NCCC(O)CCC(N)O. The van der Waals surface area contributed by atoms with Gasteiger partial charge in [0.1, 0.15) is 6.23 Å². The van der Waals surface area contributed by atoms with Crippen molar-refractivity contribution in [2.24, 2.45) is 11.5 Å². The first-order chi connectivity index (χ1) is 4.66. The van der Waals surface area contributed by atoms with E-state index in [1.165, 1.54) is 0 Å². The molecular weight excluding hydrogens is 132 g/mol. The predicted octanol–water partition coefficient (Wildman–Crippen LogP) is -1.25. The lowest BCUT2D eigenvalue weighted by atomic mass is 10.1. The van der Waals surface area contributed by atoms with E-state index in [-0.39, 0.29) is 0 Å². The molecule has 2 atom stereocenters. The van der Waals surface area contributed by atoms with Crippen LogP contribution < -0.4 is 11.5 Å². The third kappa shape index (κ3) is 5.97. The minimum Gasteiger partial charge on any atom is -0.393 e. The number of hydrogen-bond acceptors (Lipinski definition) is 4. The molecule has 0 saturated heterocycles. The predicted molar refractivity (Wildman–Crippen MR) is 39.1 cm³/mol. The van der Waals surface area contributed by atoms with Gasteiger partial charge in [-0.1, -0.05) is 0 Å². The van der Waals surface area contributed by atoms with E-state index in [4.69, 9.17) is 21.7 Å². The topological polar surface area (TPSA) is 92.5 Å². The van der Waals surface area contributed by atoms with Crippen LogP contribution in [-0.2, 0) is 0 Å². The summed E-state index contributed by atoms with van der Waals surface area (Å²) in [6.45, 7) is 0.474. The molecule has 0 rings (SSSR count). The Hall–Kier alpha value is -0.160. The van der Waals surface area contributed by atoms with Gasteiger partial charge in [-0.05, 0) is 25.8 Å². The Kier molecular flexibility index (Phi) is 5.52. The lowest BCUT2D eigenvalue weighted by molar-refractivity contribution is 0.113. The molecule has 0 spiro atoms. The van der Waals surface area contributed by atoms with Gasteiger partial charge in [0.25, 0.3) is 0 Å². The summed E-state index contributed by atoms with van der Waals surface area (Å²) in [6.07, 6.45) is 0.304. The fraction of sp³-hybridized carbons (Fsp3) is 1.00. The molecule has 0 heterocycles. The van der Waals surface area contributed by atoms with Crippen LogP contribution in [-0.4, -0.2) is 29.1 Å². The summed E-state index contributed by atoms with van der Waals surface area (Å²) in [5.74, 6) is 0. The van der Waals surface area contributed by atoms with Gasteiger partial charge < -0.3 is 21.7 Å². The van der Waals surface area contributed by atoms with Gasteiger partial charge in [0, 0.05) is 0 Å². The van der Waals surface area contributed by atoms with Crippen LogP contribution in [0.2, 0.25) is 0 Å². The van der Waals surface area contributed by atoms with Crippen molar-refractivity contribution >= 4 is 0 Å². The first kappa shape index (κ1) is 9.84. The fourth-order valence-electron chi connectivity index (χ4n) is 0.700. The minimum absolute atomic E-state index is 0.414. The van der Waals surface area contributed by atoms with E-state index in [9.17, 15) is 0 Å². The van der Waals surface area contributed by atoms with Gasteiger partial charge in [0.15, 0.2) is 0 Å². The molecule has 6 N–H and O–H groups in total. The summed E-state index contributed by atoms with van der Waals surface area (Å²) in [6, 6.07) is 0. The number of hydrogen-bond donors (Lipinski definition) is 4. The average Bonchev–Trinajstić information content (AvgIpc) is 1.85. The third-order valence-electron chi connectivity index (χ3n) is 1.30. The first-order valence-corrected chi connectivity index (χ1v) is 3.48. The summed E-state index contributed by atoms with van der Waals surface area (Å²) in [4.78, 5) is 0. The second-order valence-corrected chi connectivity index (χ2v) is 2.38. The Morgan fingerprint density at radius 2 is 1.70 bits per heavy atom. The van der Waals surface area contributed by atoms with E-state index >= 15 is 0 Å². The Morgan fingerprint density at radius 3 is 2.10 bits per heavy atom. The largest absolute Gasteiger partial charge is 0.393 e. The molecule has 0 bridgehead atoms. The van der Waals surface area contributed by atoms with Gasteiger partial charge in [0.2, 0.25) is 0 Å². The number of aliphatic hydroxyl groups is 2. The lowest BCUT2D eigenvalue weighted by Gasteiger charge is -2.09. The molecule has 0 saturated carbocycles. The maximum absolute atomic E-state index is 9.05. The molecule has 0 aliphatic carbocycles. The zero-order valence-corrected chi connectivity index (χ0v) is 6.03. The van der Waals surface area contributed by atoms with Crippen molar-refractivity contribution in [3.05, 3.63) is 0 Å². The molecule has 0 aromatic rings. The van der Waals surface area contributed by atoms with Crippen LogP contribution in [0.4, 0.5) is 0 Å². The molecule has 0 aliphatic heterocycles. The smallest absolute Gasteiger partial charge is 0.102 e. The maximum atomic E-state index is 9.05. The molecule has 0 fully saturated rings. The molecule has 0 aromatic heterocycles. The van der Waals surface area contributed by atoms with Crippen LogP contribution in [0, 0.1) is 0 Å². The molecule has 62 valence electrons. The number of nitrogens with two attached hydrogens (primary N) is 2. The first-order valence-electron chi connectivity index (χ1n) is 3.48. The number of aliphatic hydroxyl groups excluding tert-OH is 2. The Morgan fingerprint density at radius 1 is 1.10 bits per heavy atom. The fourth-order valence-corrected chi connectivity index (χ4v) is 0.700. The summed E-state index contributed by atoms with van der Waals surface area (Å²) in [5.41, 5.74) is 10.2. The van der Waals surface area contributed by atoms with Crippen molar-refractivity contribution < 1.29 is 10.2 Å². The van der Waals surface area contributed by atoms with Crippen LogP contribution in [0.15, 0.2) is 0 Å². The molecular formula is C6H16N2O2. The standard InChI is InChI=1S/C6H16N2O2/c7-4-3-5(9)1-2-6(8)10/h5-6,9-10H,1-4,7-8H2. The summed E-state index contributed by atoms with van der Waals surface area (Å²) < 4.78 is 0. The van der Waals surface area contributed by atoms with Gasteiger partial charge in [0.05, 0.1) is 6.10 Å². The quantitative estimate of drug-likeness (QED) is 0.367. The second kappa shape index (κ2) is 5.61. The van der Waals surface area contributed by atoms with Gasteiger partial charge in [-0.15, -0.1) is 0 Å². The maximum Gasteiger partial charge on any atom is 0.102 e. The third-order valence-corrected chi connectivity index (χ3v) is 1.30. The highest BCUT2D eigenvalue weighted by molar-refractivity contribution is 4.57. The Balaban J connectivity index is 3.12. The van der Waals surface area contributed by atoms with Crippen LogP contribution in [0.25, 0.3) is 0 Å². The van der Waals surface area contributed by atoms with Crippen molar-refractivity contribution in [2.75, 3.05) is 6.54 Å². The van der Waals surface area contributed by atoms with E-state index in [2.05, 4.69) is 0 Å². The molecule has 10 heavy (non-hydrogen) atoms. The van der Waals surface area contributed by atoms with Crippen LogP contribution in [0.5, 0.6) is 0 Å². The van der Waals surface area contributed by atoms with Crippen molar-refractivity contribution in [3.8, 4) is 0 Å². The average molecular weight is 148 g/mol. The normalized spacial score (nSPS) is 16.8. The van der Waals surface area contributed by atoms with Crippen molar-refractivity contribution in [1.29, 1.82) is 0 Å². The van der Waals surface area contributed by atoms with Crippen LogP contribution in [0.1, 0.15) is 19.3 Å². The van der Waals surface area contributed by atoms with E-state index in [0.29, 0.717) is 25.8 Å². The van der Waals surface area contributed by atoms with Crippen LogP contribution in [0.3, 0.4) is 0 Å².